The summed E-state index contributed by atoms with van der Waals surface area (Å²) in [5.41, 5.74) is 0. The summed E-state index contributed by atoms with van der Waals surface area (Å²) in [5, 5.41) is 17.0. The molecule has 0 aromatic carbocycles. The molecule has 1 aliphatic carbocycles. The number of thiophene rings is 1. The highest BCUT2D eigenvalue weighted by atomic mass is 32.2. The van der Waals surface area contributed by atoms with Gasteiger partial charge in [0.05, 0.1) is 5.75 Å². The highest BCUT2D eigenvalue weighted by Crippen LogP contribution is 2.39. The molecule has 0 aliphatic heterocycles. The van der Waals surface area contributed by atoms with Gasteiger partial charge in [-0.3, -0.25) is 9.59 Å². The minimum Gasteiger partial charge on any atom is -0.354 e. The van der Waals surface area contributed by atoms with Gasteiger partial charge in [0.1, 0.15) is 11.9 Å². The maximum Gasteiger partial charge on any atom is 0.242 e. The zero-order valence-corrected chi connectivity index (χ0v) is 17.2. The standard InChI is InChI=1S/C18H25N5O2S2/c1-3-8-19-17(25)12(2)20-16(24)11-27-18-22-21-15(23(18)13-6-7-13)10-14-5-4-9-26-14/h4-5,9,12-13H,3,6-8,10-11H2,1-2H3,(H,19,25)(H,20,24)/t12-/m0/s1. The Labute approximate surface area is 167 Å². The molecule has 9 heteroatoms. The topological polar surface area (TPSA) is 88.9 Å². The number of hydrogen-bond acceptors (Lipinski definition) is 6. The first-order valence-electron chi connectivity index (χ1n) is 9.24. The number of nitrogens with one attached hydrogen (secondary N) is 2. The molecule has 0 bridgehead atoms. The molecule has 2 heterocycles. The van der Waals surface area contributed by atoms with Gasteiger partial charge in [-0.05, 0) is 37.6 Å². The lowest BCUT2D eigenvalue weighted by Gasteiger charge is -2.13. The Morgan fingerprint density at radius 1 is 1.41 bits per heavy atom. The van der Waals surface area contributed by atoms with E-state index in [4.69, 9.17) is 0 Å². The fraction of sp³-hybridized carbons (Fsp3) is 0.556. The zero-order valence-electron chi connectivity index (χ0n) is 15.6. The summed E-state index contributed by atoms with van der Waals surface area (Å²) in [7, 11) is 0. The molecule has 0 unspecified atom stereocenters. The summed E-state index contributed by atoms with van der Waals surface area (Å²) in [6.45, 7) is 4.30. The number of carbonyl (C=O) groups is 2. The van der Waals surface area contributed by atoms with Crippen molar-refractivity contribution in [2.45, 2.75) is 56.8 Å². The molecule has 2 N–H and O–H groups in total. The lowest BCUT2D eigenvalue weighted by atomic mass is 10.3. The van der Waals surface area contributed by atoms with E-state index in [1.165, 1.54) is 16.6 Å². The molecule has 2 aromatic heterocycles. The SMILES string of the molecule is CCCNC(=O)[C@H](C)NC(=O)CSc1nnc(Cc2cccs2)n1C1CC1. The Bertz CT molecular complexity index is 771. The van der Waals surface area contributed by atoms with E-state index in [9.17, 15) is 9.59 Å². The smallest absolute Gasteiger partial charge is 0.242 e. The first-order valence-corrected chi connectivity index (χ1v) is 11.1. The van der Waals surface area contributed by atoms with Crippen LogP contribution in [0.25, 0.3) is 0 Å². The van der Waals surface area contributed by atoms with E-state index >= 15 is 0 Å². The highest BCUT2D eigenvalue weighted by Gasteiger charge is 2.30. The number of aromatic nitrogens is 3. The van der Waals surface area contributed by atoms with Gasteiger partial charge in [-0.15, -0.1) is 21.5 Å². The average Bonchev–Trinajstić information content (AvgIpc) is 3.20. The van der Waals surface area contributed by atoms with Crippen molar-refractivity contribution in [2.24, 2.45) is 0 Å². The molecule has 27 heavy (non-hydrogen) atoms. The number of amides is 2. The third-order valence-corrected chi connectivity index (χ3v) is 6.03. The van der Waals surface area contributed by atoms with Gasteiger partial charge in [-0.2, -0.15) is 0 Å². The Balaban J connectivity index is 1.55. The monoisotopic (exact) mass is 407 g/mol. The summed E-state index contributed by atoms with van der Waals surface area (Å²) in [5.74, 6) is 0.837. The van der Waals surface area contributed by atoms with Crippen LogP contribution in [0.2, 0.25) is 0 Å². The molecule has 2 amide bonds. The fourth-order valence-corrected chi connectivity index (χ4v) is 4.21. The van der Waals surface area contributed by atoms with Crippen molar-refractivity contribution in [3.05, 3.63) is 28.2 Å². The van der Waals surface area contributed by atoms with Gasteiger partial charge in [0.25, 0.3) is 0 Å². The third kappa shape index (κ3) is 5.55. The van der Waals surface area contributed by atoms with Crippen molar-refractivity contribution in [1.29, 1.82) is 0 Å². The predicted octanol–water partition coefficient (Wildman–Crippen LogP) is 2.39. The van der Waals surface area contributed by atoms with Crippen LogP contribution in [0, 0.1) is 0 Å². The van der Waals surface area contributed by atoms with Crippen molar-refractivity contribution in [2.75, 3.05) is 12.3 Å². The molecule has 1 saturated carbocycles. The van der Waals surface area contributed by atoms with E-state index in [1.807, 2.05) is 13.0 Å². The maximum atomic E-state index is 12.2. The molecular weight excluding hydrogens is 382 g/mol. The third-order valence-electron chi connectivity index (χ3n) is 4.21. The summed E-state index contributed by atoms with van der Waals surface area (Å²) < 4.78 is 2.18. The number of thioether (sulfide) groups is 1. The molecule has 1 atom stereocenters. The largest absolute Gasteiger partial charge is 0.354 e. The van der Waals surface area contributed by atoms with E-state index in [0.29, 0.717) is 12.6 Å². The van der Waals surface area contributed by atoms with Gasteiger partial charge < -0.3 is 15.2 Å². The maximum absolute atomic E-state index is 12.2. The fourth-order valence-electron chi connectivity index (χ4n) is 2.67. The van der Waals surface area contributed by atoms with Crippen LogP contribution in [0.15, 0.2) is 22.7 Å². The normalized spacial score (nSPS) is 14.7. The van der Waals surface area contributed by atoms with E-state index in [-0.39, 0.29) is 17.6 Å². The lowest BCUT2D eigenvalue weighted by Crippen LogP contribution is -2.45. The Morgan fingerprint density at radius 2 is 2.22 bits per heavy atom. The molecule has 146 valence electrons. The molecule has 0 spiro atoms. The van der Waals surface area contributed by atoms with Gasteiger partial charge in [0.2, 0.25) is 11.8 Å². The Morgan fingerprint density at radius 3 is 2.89 bits per heavy atom. The van der Waals surface area contributed by atoms with E-state index in [1.54, 1.807) is 18.3 Å². The van der Waals surface area contributed by atoms with Gasteiger partial charge in [-0.1, -0.05) is 24.8 Å². The number of carbonyl (C=O) groups excluding carboxylic acids is 2. The molecular formula is C18H25N5O2S2. The summed E-state index contributed by atoms with van der Waals surface area (Å²) in [6, 6.07) is 4.04. The van der Waals surface area contributed by atoms with E-state index in [2.05, 4.69) is 36.8 Å². The first kappa shape index (κ1) is 19.9. The van der Waals surface area contributed by atoms with Crippen molar-refractivity contribution in [3.63, 3.8) is 0 Å². The predicted molar refractivity (Wildman–Crippen MR) is 107 cm³/mol. The zero-order chi connectivity index (χ0) is 19.2. The summed E-state index contributed by atoms with van der Waals surface area (Å²) >= 11 is 3.09. The molecule has 1 fully saturated rings. The van der Waals surface area contributed by atoms with Crippen LogP contribution in [-0.4, -0.2) is 44.9 Å². The second kappa shape index (κ2) is 9.36. The van der Waals surface area contributed by atoms with Crippen LogP contribution in [0.4, 0.5) is 0 Å². The number of rotatable bonds is 10. The molecule has 7 nitrogen and oxygen atoms in total. The van der Waals surface area contributed by atoms with Crippen LogP contribution in [0.1, 0.15) is 49.9 Å². The molecule has 3 rings (SSSR count). The van der Waals surface area contributed by atoms with E-state index in [0.717, 1.165) is 36.7 Å². The van der Waals surface area contributed by atoms with Crippen molar-refractivity contribution in [1.82, 2.24) is 25.4 Å². The van der Waals surface area contributed by atoms with Crippen molar-refractivity contribution < 1.29 is 9.59 Å². The van der Waals surface area contributed by atoms with Crippen LogP contribution in [-0.2, 0) is 16.0 Å². The average molecular weight is 408 g/mol. The van der Waals surface area contributed by atoms with Gasteiger partial charge >= 0.3 is 0 Å². The molecule has 2 aromatic rings. The van der Waals surface area contributed by atoms with Gasteiger partial charge in [-0.25, -0.2) is 0 Å². The lowest BCUT2D eigenvalue weighted by molar-refractivity contribution is -0.127. The minimum atomic E-state index is -0.541. The highest BCUT2D eigenvalue weighted by molar-refractivity contribution is 7.99. The minimum absolute atomic E-state index is 0.158. The second-order valence-corrected chi connectivity index (χ2v) is 8.60. The van der Waals surface area contributed by atoms with Crippen LogP contribution >= 0.6 is 23.1 Å². The molecule has 0 radical (unpaired) electrons. The van der Waals surface area contributed by atoms with Crippen LogP contribution < -0.4 is 10.6 Å². The summed E-state index contributed by atoms with van der Waals surface area (Å²) in [6.07, 6.45) is 3.89. The Kier molecular flexibility index (Phi) is 6.89. The summed E-state index contributed by atoms with van der Waals surface area (Å²) in [4.78, 5) is 25.3. The van der Waals surface area contributed by atoms with Crippen LogP contribution in [0.3, 0.4) is 0 Å². The first-order chi connectivity index (χ1) is 13.1. The van der Waals surface area contributed by atoms with Gasteiger partial charge in [0.15, 0.2) is 5.16 Å². The Hall–Kier alpha value is -1.87. The molecule has 0 saturated heterocycles. The number of hydrogen-bond donors (Lipinski definition) is 2. The molecule has 1 aliphatic rings. The second-order valence-electron chi connectivity index (χ2n) is 6.63. The van der Waals surface area contributed by atoms with E-state index < -0.39 is 6.04 Å². The van der Waals surface area contributed by atoms with Gasteiger partial charge in [0, 0.05) is 23.9 Å². The van der Waals surface area contributed by atoms with Crippen molar-refractivity contribution >= 4 is 34.9 Å². The number of nitrogens with zero attached hydrogens (tertiary/aromatic N) is 3. The van der Waals surface area contributed by atoms with Crippen molar-refractivity contribution in [3.8, 4) is 0 Å². The quantitative estimate of drug-likeness (QED) is 0.591. The van der Waals surface area contributed by atoms with Crippen LogP contribution in [0.5, 0.6) is 0 Å².